The molecule has 12 heteroatoms. The highest BCUT2D eigenvalue weighted by molar-refractivity contribution is 5.87. The zero-order valence-corrected chi connectivity index (χ0v) is 19.9. The van der Waals surface area contributed by atoms with Crippen LogP contribution in [-0.4, -0.2) is 98.2 Å². The maximum Gasteiger partial charge on any atom is 0.331 e. The first-order valence-electron chi connectivity index (χ1n) is 11.8. The molecule has 6 N–H and O–H groups in total. The molecule has 0 radical (unpaired) electrons. The van der Waals surface area contributed by atoms with Gasteiger partial charge in [0.25, 0.3) is 0 Å². The molecule has 3 aliphatic rings. The first kappa shape index (κ1) is 27.2. The monoisotopic (exact) mass is 522 g/mol. The maximum absolute atomic E-state index is 12.5. The number of aliphatic hydroxyl groups is 5. The molecule has 37 heavy (non-hydrogen) atoms. The number of ether oxygens (including phenoxy) is 4. The first-order valence-corrected chi connectivity index (χ1v) is 11.8. The number of aldehydes is 1. The minimum atomic E-state index is -1.76. The molecule has 0 amide bonds. The van der Waals surface area contributed by atoms with Crippen LogP contribution >= 0.6 is 0 Å². The lowest BCUT2D eigenvalue weighted by Gasteiger charge is -2.45. The highest BCUT2D eigenvalue weighted by Gasteiger charge is 2.60. The molecule has 1 aromatic rings. The van der Waals surface area contributed by atoms with Gasteiger partial charge in [0.2, 0.25) is 12.6 Å². The van der Waals surface area contributed by atoms with Crippen molar-refractivity contribution >= 4 is 18.3 Å². The van der Waals surface area contributed by atoms with E-state index < -0.39 is 73.1 Å². The Balaban J connectivity index is 1.55. The lowest BCUT2D eigenvalue weighted by molar-refractivity contribution is -0.347. The van der Waals surface area contributed by atoms with Gasteiger partial charge in [-0.05, 0) is 29.7 Å². The van der Waals surface area contributed by atoms with Crippen LogP contribution in [0.15, 0.2) is 42.2 Å². The number of aromatic hydroxyl groups is 1. The summed E-state index contributed by atoms with van der Waals surface area (Å²) in [6.07, 6.45) is -6.30. The zero-order chi connectivity index (χ0) is 26.9. The molecule has 1 aromatic carbocycles. The van der Waals surface area contributed by atoms with Crippen molar-refractivity contribution in [3.8, 4) is 5.75 Å². The Bertz CT molecular complexity index is 1040. The summed E-state index contributed by atoms with van der Waals surface area (Å²) in [5.41, 5.74) is -1.26. The molecule has 10 atom stereocenters. The van der Waals surface area contributed by atoms with Crippen LogP contribution in [0.3, 0.4) is 0 Å². The van der Waals surface area contributed by atoms with E-state index in [1.165, 1.54) is 18.2 Å². The van der Waals surface area contributed by atoms with Crippen LogP contribution in [0.4, 0.5) is 0 Å². The highest BCUT2D eigenvalue weighted by atomic mass is 16.8. The largest absolute Gasteiger partial charge is 0.508 e. The van der Waals surface area contributed by atoms with E-state index in [0.717, 1.165) is 12.3 Å². The molecular formula is C25H30O12. The Morgan fingerprint density at radius 1 is 1.16 bits per heavy atom. The fourth-order valence-corrected chi connectivity index (χ4v) is 5.02. The molecule has 12 nitrogen and oxygen atoms in total. The van der Waals surface area contributed by atoms with Gasteiger partial charge in [0, 0.05) is 12.5 Å². The van der Waals surface area contributed by atoms with Crippen LogP contribution in [0.25, 0.3) is 6.08 Å². The molecular weight excluding hydrogens is 492 g/mol. The maximum atomic E-state index is 12.5. The molecule has 2 heterocycles. The Morgan fingerprint density at radius 3 is 2.51 bits per heavy atom. The highest BCUT2D eigenvalue weighted by Crippen LogP contribution is 2.49. The molecule has 1 aliphatic carbocycles. The van der Waals surface area contributed by atoms with Crippen molar-refractivity contribution in [3.63, 3.8) is 0 Å². The number of phenols is 1. The van der Waals surface area contributed by atoms with E-state index in [9.17, 15) is 40.2 Å². The average Bonchev–Trinajstić information content (AvgIpc) is 3.11. The van der Waals surface area contributed by atoms with E-state index in [-0.39, 0.29) is 17.7 Å². The number of aliphatic hydroxyl groups excluding tert-OH is 4. The normalized spacial score (nSPS) is 39.5. The number of hydrogen-bond acceptors (Lipinski definition) is 12. The minimum absolute atomic E-state index is 0.0469. The van der Waals surface area contributed by atoms with Crippen LogP contribution in [0.1, 0.15) is 18.9 Å². The third-order valence-electron chi connectivity index (χ3n) is 7.14. The van der Waals surface area contributed by atoms with Crippen LogP contribution in [0, 0.1) is 11.8 Å². The summed E-state index contributed by atoms with van der Waals surface area (Å²) >= 11 is 0. The fraction of sp³-hybridized carbons (Fsp3) is 0.520. The van der Waals surface area contributed by atoms with Crippen molar-refractivity contribution in [1.82, 2.24) is 0 Å². The number of carbonyl (C=O) groups is 2. The Labute approximate surface area is 212 Å². The third kappa shape index (κ3) is 5.27. The molecule has 0 unspecified atom stereocenters. The Kier molecular flexibility index (Phi) is 7.99. The van der Waals surface area contributed by atoms with Gasteiger partial charge in [-0.1, -0.05) is 19.1 Å². The predicted octanol–water partition coefficient (Wildman–Crippen LogP) is -1.04. The number of carbonyl (C=O) groups excluding carboxylic acids is 2. The van der Waals surface area contributed by atoms with Gasteiger partial charge in [-0.25, -0.2) is 4.79 Å². The van der Waals surface area contributed by atoms with Gasteiger partial charge in [-0.3, -0.25) is 4.79 Å². The summed E-state index contributed by atoms with van der Waals surface area (Å²) in [4.78, 5) is 24.1. The number of fused-ring (bicyclic) bond motifs is 1. The summed E-state index contributed by atoms with van der Waals surface area (Å²) in [5, 5.41) is 61.6. The number of hydrogen-bond donors (Lipinski definition) is 6. The SMILES string of the molecule is C[C@H]1[C@H]2[C@H](O[C@@H]3O[C@H](CO)[C@@H](O)[C@H](O)[C@H]3OC(=O)/C=C/c3ccc(O)cc3)OC=C(C=O)[C@@]2(O)C[C@@H]1O. The Hall–Kier alpha value is -2.84. The molecule has 202 valence electrons. The van der Waals surface area contributed by atoms with Gasteiger partial charge in [-0.15, -0.1) is 0 Å². The van der Waals surface area contributed by atoms with Crippen LogP contribution < -0.4 is 0 Å². The summed E-state index contributed by atoms with van der Waals surface area (Å²) in [7, 11) is 0. The van der Waals surface area contributed by atoms with Crippen molar-refractivity contribution in [2.24, 2.45) is 11.8 Å². The van der Waals surface area contributed by atoms with Crippen LogP contribution in [0.2, 0.25) is 0 Å². The van der Waals surface area contributed by atoms with E-state index in [0.29, 0.717) is 11.8 Å². The summed E-state index contributed by atoms with van der Waals surface area (Å²) in [6, 6.07) is 5.96. The fourth-order valence-electron chi connectivity index (χ4n) is 5.02. The van der Waals surface area contributed by atoms with Gasteiger partial charge in [0.1, 0.15) is 29.7 Å². The third-order valence-corrected chi connectivity index (χ3v) is 7.14. The second kappa shape index (κ2) is 10.9. The van der Waals surface area contributed by atoms with Crippen molar-refractivity contribution < 1.29 is 59.2 Å². The molecule has 1 saturated carbocycles. The van der Waals surface area contributed by atoms with Crippen LogP contribution in [0.5, 0.6) is 5.75 Å². The first-order chi connectivity index (χ1) is 17.6. The van der Waals surface area contributed by atoms with Gasteiger partial charge in [0.05, 0.1) is 30.5 Å². The Morgan fingerprint density at radius 2 is 1.86 bits per heavy atom. The van der Waals surface area contributed by atoms with E-state index in [1.807, 2.05) is 0 Å². The summed E-state index contributed by atoms with van der Waals surface area (Å²) in [6.45, 7) is 0.950. The van der Waals surface area contributed by atoms with E-state index in [1.54, 1.807) is 19.1 Å². The van der Waals surface area contributed by atoms with Gasteiger partial charge in [0.15, 0.2) is 12.4 Å². The lowest BCUT2D eigenvalue weighted by atomic mass is 9.79. The number of rotatable bonds is 7. The second-order valence-corrected chi connectivity index (χ2v) is 9.45. The van der Waals surface area contributed by atoms with E-state index >= 15 is 0 Å². The summed E-state index contributed by atoms with van der Waals surface area (Å²) < 4.78 is 22.3. The number of benzene rings is 1. The molecule has 0 spiro atoms. The zero-order valence-electron chi connectivity index (χ0n) is 19.9. The van der Waals surface area contributed by atoms with Crippen molar-refractivity contribution in [2.75, 3.05) is 6.61 Å². The number of esters is 1. The summed E-state index contributed by atoms with van der Waals surface area (Å²) in [5.74, 6) is -2.39. The topological polar surface area (TPSA) is 192 Å². The molecule has 1 saturated heterocycles. The molecule has 2 aliphatic heterocycles. The molecule has 0 aromatic heterocycles. The van der Waals surface area contributed by atoms with Gasteiger partial charge < -0.3 is 49.6 Å². The van der Waals surface area contributed by atoms with Crippen molar-refractivity contribution in [2.45, 2.75) is 62.0 Å². The number of phenolic OH excluding ortho intramolecular Hbond substituents is 1. The van der Waals surface area contributed by atoms with Crippen molar-refractivity contribution in [3.05, 3.63) is 47.7 Å². The van der Waals surface area contributed by atoms with Crippen LogP contribution in [-0.2, 0) is 28.5 Å². The minimum Gasteiger partial charge on any atom is -0.508 e. The van der Waals surface area contributed by atoms with Crippen molar-refractivity contribution in [1.29, 1.82) is 0 Å². The molecule has 4 rings (SSSR count). The van der Waals surface area contributed by atoms with Gasteiger partial charge in [-0.2, -0.15) is 0 Å². The van der Waals surface area contributed by atoms with E-state index in [2.05, 4.69) is 0 Å². The predicted molar refractivity (Wildman–Crippen MR) is 123 cm³/mol. The lowest BCUT2D eigenvalue weighted by Crippen LogP contribution is -2.62. The quantitative estimate of drug-likeness (QED) is 0.145. The molecule has 2 fully saturated rings. The van der Waals surface area contributed by atoms with E-state index in [4.69, 9.17) is 18.9 Å². The standard InChI is InChI=1S/C25H30O12/c1-12-16(29)8-25(33)14(9-26)11-34-23(19(12)25)37-24-22(21(32)20(31)17(10-27)35-24)36-18(30)7-4-13-2-5-15(28)6-3-13/h2-7,9,11-12,16-17,19-24,27-29,31-33H,8,10H2,1H3/b7-4+/t12-,16+,17-,19+,20-,21+,22-,23+,24+,25+/m1/s1. The average molecular weight is 523 g/mol. The van der Waals surface area contributed by atoms with Gasteiger partial charge >= 0.3 is 5.97 Å². The molecule has 0 bridgehead atoms. The smallest absolute Gasteiger partial charge is 0.331 e. The second-order valence-electron chi connectivity index (χ2n) is 9.45.